The second-order valence-corrected chi connectivity index (χ2v) is 9.35. The normalized spacial score (nSPS) is 12.6. The molecule has 0 unspecified atom stereocenters. The molecule has 3 heterocycles. The lowest BCUT2D eigenvalue weighted by Crippen LogP contribution is -2.13. The van der Waals surface area contributed by atoms with Crippen molar-refractivity contribution in [2.45, 2.75) is 45.0 Å². The maximum absolute atomic E-state index is 12.6. The zero-order chi connectivity index (χ0) is 20.0. The van der Waals surface area contributed by atoms with Crippen molar-refractivity contribution in [3.05, 3.63) is 55.9 Å². The van der Waals surface area contributed by atoms with Crippen LogP contribution < -0.4 is 5.56 Å². The predicted molar refractivity (Wildman–Crippen MR) is 113 cm³/mol. The number of thiophene rings is 1. The monoisotopic (exact) mass is 412 g/mol. The smallest absolute Gasteiger partial charge is 0.259 e. The van der Waals surface area contributed by atoms with Crippen LogP contribution in [0.25, 0.3) is 15.9 Å². The summed E-state index contributed by atoms with van der Waals surface area (Å²) < 4.78 is 1.74. The summed E-state index contributed by atoms with van der Waals surface area (Å²) in [5.41, 5.74) is 4.08. The molecule has 4 rings (SSSR count). The molecule has 0 radical (unpaired) electrons. The molecule has 0 aliphatic carbocycles. The Morgan fingerprint density at radius 1 is 1.21 bits per heavy atom. The SMILES string of the molecule is Cc1ccc(C)c(-n2nnnc2S[C@H](C)c2nc3sc(C)c(C)c3c(=O)[nH]2)c1. The first-order valence-electron chi connectivity index (χ1n) is 8.87. The first-order chi connectivity index (χ1) is 13.3. The van der Waals surface area contributed by atoms with Gasteiger partial charge < -0.3 is 4.98 Å². The van der Waals surface area contributed by atoms with Gasteiger partial charge in [-0.25, -0.2) is 4.98 Å². The van der Waals surface area contributed by atoms with E-state index in [4.69, 9.17) is 4.98 Å². The Morgan fingerprint density at radius 2 is 2.00 bits per heavy atom. The summed E-state index contributed by atoms with van der Waals surface area (Å²) in [6, 6.07) is 6.18. The van der Waals surface area contributed by atoms with Crippen molar-refractivity contribution in [1.29, 1.82) is 0 Å². The average Bonchev–Trinajstić information content (AvgIpc) is 3.21. The molecule has 1 N–H and O–H groups in total. The van der Waals surface area contributed by atoms with E-state index in [0.717, 1.165) is 32.1 Å². The number of hydrogen-bond acceptors (Lipinski definition) is 7. The quantitative estimate of drug-likeness (QED) is 0.509. The first kappa shape index (κ1) is 18.8. The van der Waals surface area contributed by atoms with E-state index in [-0.39, 0.29) is 10.8 Å². The Bertz CT molecular complexity index is 1240. The fraction of sp³-hybridized carbons (Fsp3) is 0.316. The van der Waals surface area contributed by atoms with E-state index in [1.54, 1.807) is 16.0 Å². The molecular formula is C19H20N6OS2. The van der Waals surface area contributed by atoms with Crippen molar-refractivity contribution in [3.8, 4) is 5.69 Å². The summed E-state index contributed by atoms with van der Waals surface area (Å²) in [5, 5.41) is 13.4. The fourth-order valence-electron chi connectivity index (χ4n) is 3.03. The second-order valence-electron chi connectivity index (χ2n) is 6.84. The number of thioether (sulfide) groups is 1. The molecule has 0 fully saturated rings. The van der Waals surface area contributed by atoms with Crippen molar-refractivity contribution >= 4 is 33.3 Å². The molecule has 0 amide bonds. The van der Waals surface area contributed by atoms with Gasteiger partial charge in [-0.05, 0) is 67.8 Å². The molecule has 0 bridgehead atoms. The summed E-state index contributed by atoms with van der Waals surface area (Å²) >= 11 is 3.02. The highest BCUT2D eigenvalue weighted by molar-refractivity contribution is 7.99. The largest absolute Gasteiger partial charge is 0.309 e. The van der Waals surface area contributed by atoms with Crippen molar-refractivity contribution in [1.82, 2.24) is 30.2 Å². The van der Waals surface area contributed by atoms with E-state index < -0.39 is 0 Å². The van der Waals surface area contributed by atoms with Gasteiger partial charge in [0.2, 0.25) is 5.16 Å². The maximum Gasteiger partial charge on any atom is 0.259 e. The number of H-pyrrole nitrogens is 1. The number of hydrogen-bond donors (Lipinski definition) is 1. The van der Waals surface area contributed by atoms with Gasteiger partial charge in [0.05, 0.1) is 16.3 Å². The lowest BCUT2D eigenvalue weighted by molar-refractivity contribution is 0.749. The number of nitrogens with one attached hydrogen (secondary N) is 1. The lowest BCUT2D eigenvalue weighted by Gasteiger charge is -2.12. The van der Waals surface area contributed by atoms with E-state index in [2.05, 4.69) is 38.7 Å². The average molecular weight is 413 g/mol. The van der Waals surface area contributed by atoms with E-state index >= 15 is 0 Å². The van der Waals surface area contributed by atoms with Crippen LogP contribution in [0.3, 0.4) is 0 Å². The van der Waals surface area contributed by atoms with Gasteiger partial charge in [0.1, 0.15) is 10.7 Å². The minimum atomic E-state index is -0.116. The third kappa shape index (κ3) is 3.24. The van der Waals surface area contributed by atoms with Crippen molar-refractivity contribution < 1.29 is 0 Å². The zero-order valence-electron chi connectivity index (χ0n) is 16.3. The van der Waals surface area contributed by atoms with Crippen LogP contribution in [0.4, 0.5) is 0 Å². The fourth-order valence-corrected chi connectivity index (χ4v) is 4.92. The molecule has 0 saturated heterocycles. The van der Waals surface area contributed by atoms with Crippen molar-refractivity contribution in [2.75, 3.05) is 0 Å². The van der Waals surface area contributed by atoms with Gasteiger partial charge in [-0.1, -0.05) is 23.9 Å². The van der Waals surface area contributed by atoms with Gasteiger partial charge in [-0.2, -0.15) is 4.68 Å². The van der Waals surface area contributed by atoms with Gasteiger partial charge in [0, 0.05) is 4.88 Å². The van der Waals surface area contributed by atoms with Gasteiger partial charge >= 0.3 is 0 Å². The van der Waals surface area contributed by atoms with Crippen LogP contribution in [0.2, 0.25) is 0 Å². The first-order valence-corrected chi connectivity index (χ1v) is 10.6. The molecule has 144 valence electrons. The molecule has 4 aromatic rings. The van der Waals surface area contributed by atoms with Crippen LogP contribution in [-0.2, 0) is 0 Å². The summed E-state index contributed by atoms with van der Waals surface area (Å²) in [7, 11) is 0. The van der Waals surface area contributed by atoms with Crippen LogP contribution in [0.5, 0.6) is 0 Å². The molecule has 28 heavy (non-hydrogen) atoms. The van der Waals surface area contributed by atoms with Gasteiger partial charge in [0.25, 0.3) is 5.56 Å². The van der Waals surface area contributed by atoms with Gasteiger partial charge in [0.15, 0.2) is 0 Å². The van der Waals surface area contributed by atoms with Crippen LogP contribution >= 0.6 is 23.1 Å². The number of aromatic amines is 1. The standard InChI is InChI=1S/C19H20N6OS2/c1-9-6-7-10(2)14(8-9)25-19(22-23-24-25)28-13(5)16-20-17(26)15-11(3)12(4)27-18(15)21-16/h6-8,13H,1-5H3,(H,20,21,26)/t13-/m1/s1. The Hall–Kier alpha value is -2.52. The Labute approximate surface area is 170 Å². The van der Waals surface area contributed by atoms with Crippen molar-refractivity contribution in [2.24, 2.45) is 0 Å². The topological polar surface area (TPSA) is 89.3 Å². The van der Waals surface area contributed by atoms with Crippen LogP contribution in [0, 0.1) is 27.7 Å². The number of aryl methyl sites for hydroxylation is 4. The summed E-state index contributed by atoms with van der Waals surface area (Å²) in [5.74, 6) is 0.624. The van der Waals surface area contributed by atoms with E-state index in [0.29, 0.717) is 16.4 Å². The Morgan fingerprint density at radius 3 is 2.79 bits per heavy atom. The zero-order valence-corrected chi connectivity index (χ0v) is 17.9. The third-order valence-electron chi connectivity index (χ3n) is 4.76. The number of rotatable bonds is 4. The lowest BCUT2D eigenvalue weighted by atomic mass is 10.1. The van der Waals surface area contributed by atoms with Crippen molar-refractivity contribution in [3.63, 3.8) is 0 Å². The highest BCUT2D eigenvalue weighted by Crippen LogP contribution is 2.34. The molecular weight excluding hydrogens is 392 g/mol. The molecule has 1 atom stereocenters. The molecule has 0 aliphatic rings. The Balaban J connectivity index is 1.70. The molecule has 9 heteroatoms. The number of nitrogens with zero attached hydrogens (tertiary/aromatic N) is 5. The van der Waals surface area contributed by atoms with Crippen LogP contribution in [-0.4, -0.2) is 30.2 Å². The summed E-state index contributed by atoms with van der Waals surface area (Å²) in [6.07, 6.45) is 0. The van der Waals surface area contributed by atoms with E-state index in [1.807, 2.05) is 34.6 Å². The minimum absolute atomic E-state index is 0.0941. The second kappa shape index (κ2) is 7.14. The highest BCUT2D eigenvalue weighted by Gasteiger charge is 2.20. The summed E-state index contributed by atoms with van der Waals surface area (Å²) in [6.45, 7) is 10.0. The summed E-state index contributed by atoms with van der Waals surface area (Å²) in [4.78, 5) is 22.1. The Kier molecular flexibility index (Phi) is 4.80. The molecule has 7 nitrogen and oxygen atoms in total. The highest BCUT2D eigenvalue weighted by atomic mass is 32.2. The van der Waals surface area contributed by atoms with Gasteiger partial charge in [-0.3, -0.25) is 4.79 Å². The number of benzene rings is 1. The minimum Gasteiger partial charge on any atom is -0.309 e. The van der Waals surface area contributed by atoms with Crippen LogP contribution in [0.1, 0.15) is 39.6 Å². The number of aromatic nitrogens is 6. The van der Waals surface area contributed by atoms with Crippen LogP contribution in [0.15, 0.2) is 28.2 Å². The molecule has 0 aliphatic heterocycles. The number of fused-ring (bicyclic) bond motifs is 1. The number of tetrazole rings is 1. The molecule has 0 saturated carbocycles. The third-order valence-corrected chi connectivity index (χ3v) is 6.90. The maximum atomic E-state index is 12.6. The molecule has 0 spiro atoms. The van der Waals surface area contributed by atoms with Gasteiger partial charge in [-0.15, -0.1) is 16.4 Å². The van der Waals surface area contributed by atoms with E-state index in [1.165, 1.54) is 11.8 Å². The van der Waals surface area contributed by atoms with E-state index in [9.17, 15) is 4.79 Å². The predicted octanol–water partition coefficient (Wildman–Crippen LogP) is 4.05. The molecule has 1 aromatic carbocycles. The molecule has 3 aromatic heterocycles.